The molecular formula is C17H16Cl2N2O2. The number of benzene rings is 2. The molecule has 1 heterocycles. The fourth-order valence-electron chi connectivity index (χ4n) is 2.61. The lowest BCUT2D eigenvalue weighted by Crippen LogP contribution is -2.38. The normalized spacial score (nSPS) is 13.4. The molecule has 2 amide bonds. The van der Waals surface area contributed by atoms with Crippen molar-refractivity contribution in [1.29, 1.82) is 0 Å². The fourth-order valence-corrected chi connectivity index (χ4v) is 2.91. The van der Waals surface area contributed by atoms with Crippen molar-refractivity contribution in [3.05, 3.63) is 57.6 Å². The van der Waals surface area contributed by atoms with Crippen LogP contribution in [0.1, 0.15) is 11.1 Å². The summed E-state index contributed by atoms with van der Waals surface area (Å²) in [7, 11) is 1.64. The van der Waals surface area contributed by atoms with Gasteiger partial charge in [-0.2, -0.15) is 0 Å². The van der Waals surface area contributed by atoms with Gasteiger partial charge < -0.3 is 15.0 Å². The highest BCUT2D eigenvalue weighted by atomic mass is 35.5. The summed E-state index contributed by atoms with van der Waals surface area (Å²) in [5.74, 6) is 0.801. The number of ether oxygens (including phenoxy) is 1. The molecule has 6 heteroatoms. The van der Waals surface area contributed by atoms with Crippen LogP contribution >= 0.6 is 23.2 Å². The van der Waals surface area contributed by atoms with Gasteiger partial charge in [-0.05, 0) is 47.9 Å². The number of anilines is 1. The van der Waals surface area contributed by atoms with Crippen LogP contribution in [0, 0.1) is 0 Å². The van der Waals surface area contributed by atoms with E-state index in [1.165, 1.54) is 5.56 Å². The van der Waals surface area contributed by atoms with E-state index in [0.29, 0.717) is 28.8 Å². The third-order valence-corrected chi connectivity index (χ3v) is 4.62. The molecule has 1 aliphatic rings. The minimum atomic E-state index is -0.156. The van der Waals surface area contributed by atoms with Crippen molar-refractivity contribution in [1.82, 2.24) is 4.90 Å². The highest BCUT2D eigenvalue weighted by Crippen LogP contribution is 2.27. The summed E-state index contributed by atoms with van der Waals surface area (Å²) in [6, 6.07) is 10.9. The van der Waals surface area contributed by atoms with E-state index >= 15 is 0 Å². The maximum absolute atomic E-state index is 12.4. The first-order valence-electron chi connectivity index (χ1n) is 7.23. The molecule has 0 aliphatic carbocycles. The highest BCUT2D eigenvalue weighted by Gasteiger charge is 2.21. The van der Waals surface area contributed by atoms with Gasteiger partial charge in [0, 0.05) is 18.8 Å². The summed E-state index contributed by atoms with van der Waals surface area (Å²) in [4.78, 5) is 14.2. The third kappa shape index (κ3) is 3.54. The van der Waals surface area contributed by atoms with Crippen LogP contribution in [0.4, 0.5) is 10.5 Å². The van der Waals surface area contributed by atoms with Gasteiger partial charge in [0.15, 0.2) is 0 Å². The van der Waals surface area contributed by atoms with E-state index in [1.54, 1.807) is 30.2 Å². The van der Waals surface area contributed by atoms with E-state index in [9.17, 15) is 4.79 Å². The van der Waals surface area contributed by atoms with Crippen molar-refractivity contribution in [3.63, 3.8) is 0 Å². The molecule has 2 aromatic carbocycles. The Hall–Kier alpha value is -1.91. The molecule has 0 aromatic heterocycles. The van der Waals surface area contributed by atoms with Crippen molar-refractivity contribution in [2.75, 3.05) is 19.0 Å². The number of nitrogens with zero attached hydrogens (tertiary/aromatic N) is 1. The van der Waals surface area contributed by atoms with Crippen LogP contribution in [0.2, 0.25) is 10.0 Å². The molecule has 1 N–H and O–H groups in total. The third-order valence-electron chi connectivity index (χ3n) is 3.88. The number of nitrogens with one attached hydrogen (secondary N) is 1. The maximum atomic E-state index is 12.4. The predicted molar refractivity (Wildman–Crippen MR) is 92.6 cm³/mol. The van der Waals surface area contributed by atoms with E-state index in [0.717, 1.165) is 17.7 Å². The molecular weight excluding hydrogens is 335 g/mol. The minimum absolute atomic E-state index is 0.156. The van der Waals surface area contributed by atoms with Crippen LogP contribution in [0.25, 0.3) is 0 Å². The molecule has 0 fully saturated rings. The van der Waals surface area contributed by atoms with Crippen LogP contribution in [0.5, 0.6) is 5.75 Å². The standard InChI is InChI=1S/C17H16Cl2N2O2/c1-23-14-4-2-11-6-7-21(10-12(11)8-14)17(22)20-13-3-5-15(18)16(19)9-13/h2-5,8-9H,6-7,10H2,1H3,(H,20,22). The monoisotopic (exact) mass is 350 g/mol. The lowest BCUT2D eigenvalue weighted by atomic mass is 10.00. The molecule has 3 rings (SSSR count). The number of halogens is 2. The lowest BCUT2D eigenvalue weighted by Gasteiger charge is -2.29. The Morgan fingerprint density at radius 1 is 1.13 bits per heavy atom. The molecule has 1 aliphatic heterocycles. The first kappa shape index (κ1) is 16.0. The molecule has 0 saturated carbocycles. The van der Waals surface area contributed by atoms with E-state index in [1.807, 2.05) is 12.1 Å². The molecule has 0 radical (unpaired) electrons. The van der Waals surface area contributed by atoms with Gasteiger partial charge in [0.05, 0.1) is 17.2 Å². The number of rotatable bonds is 2. The second kappa shape index (κ2) is 6.69. The number of carbonyl (C=O) groups is 1. The van der Waals surface area contributed by atoms with Crippen molar-refractivity contribution in [3.8, 4) is 5.75 Å². The number of methoxy groups -OCH3 is 1. The average molecular weight is 351 g/mol. The van der Waals surface area contributed by atoms with Gasteiger partial charge in [0.2, 0.25) is 0 Å². The summed E-state index contributed by atoms with van der Waals surface area (Å²) >= 11 is 11.9. The van der Waals surface area contributed by atoms with Crippen LogP contribution in [-0.4, -0.2) is 24.6 Å². The van der Waals surface area contributed by atoms with Crippen molar-refractivity contribution < 1.29 is 9.53 Å². The zero-order valence-corrected chi connectivity index (χ0v) is 14.1. The molecule has 0 atom stereocenters. The zero-order valence-electron chi connectivity index (χ0n) is 12.6. The first-order chi connectivity index (χ1) is 11.1. The van der Waals surface area contributed by atoms with Gasteiger partial charge in [-0.3, -0.25) is 0 Å². The Kier molecular flexibility index (Phi) is 4.64. The van der Waals surface area contributed by atoms with Gasteiger partial charge >= 0.3 is 6.03 Å². The number of carbonyl (C=O) groups excluding carboxylic acids is 1. The molecule has 4 nitrogen and oxygen atoms in total. The van der Waals surface area contributed by atoms with Gasteiger partial charge in [-0.1, -0.05) is 29.3 Å². The van der Waals surface area contributed by atoms with Crippen LogP contribution in [0.15, 0.2) is 36.4 Å². The van der Waals surface area contributed by atoms with E-state index in [-0.39, 0.29) is 6.03 Å². The van der Waals surface area contributed by atoms with E-state index in [2.05, 4.69) is 11.4 Å². The second-order valence-electron chi connectivity index (χ2n) is 5.37. The molecule has 0 saturated heterocycles. The molecule has 0 bridgehead atoms. The summed E-state index contributed by atoms with van der Waals surface area (Å²) in [5, 5.41) is 3.73. The summed E-state index contributed by atoms with van der Waals surface area (Å²) < 4.78 is 5.25. The number of hydrogen-bond donors (Lipinski definition) is 1. The maximum Gasteiger partial charge on any atom is 0.322 e. The van der Waals surface area contributed by atoms with E-state index < -0.39 is 0 Å². The Morgan fingerprint density at radius 2 is 1.96 bits per heavy atom. The molecule has 0 spiro atoms. The largest absolute Gasteiger partial charge is 0.497 e. The molecule has 120 valence electrons. The van der Waals surface area contributed by atoms with Gasteiger partial charge in [-0.25, -0.2) is 4.79 Å². The Balaban J connectivity index is 1.72. The number of urea groups is 1. The SMILES string of the molecule is COc1ccc2c(c1)CN(C(=O)Nc1ccc(Cl)c(Cl)c1)CC2. The minimum Gasteiger partial charge on any atom is -0.497 e. The van der Waals surface area contributed by atoms with Crippen LogP contribution in [-0.2, 0) is 13.0 Å². The van der Waals surface area contributed by atoms with Crippen molar-refractivity contribution >= 4 is 34.9 Å². The second-order valence-corrected chi connectivity index (χ2v) is 6.18. The van der Waals surface area contributed by atoms with Gasteiger partial charge in [0.1, 0.15) is 5.75 Å². The van der Waals surface area contributed by atoms with Gasteiger partial charge in [0.25, 0.3) is 0 Å². The molecule has 2 aromatic rings. The number of hydrogen-bond acceptors (Lipinski definition) is 2. The quantitative estimate of drug-likeness (QED) is 0.860. The smallest absolute Gasteiger partial charge is 0.322 e. The lowest BCUT2D eigenvalue weighted by molar-refractivity contribution is 0.206. The van der Waals surface area contributed by atoms with Crippen LogP contribution in [0.3, 0.4) is 0 Å². The Morgan fingerprint density at radius 3 is 2.70 bits per heavy atom. The van der Waals surface area contributed by atoms with Gasteiger partial charge in [-0.15, -0.1) is 0 Å². The van der Waals surface area contributed by atoms with E-state index in [4.69, 9.17) is 27.9 Å². The summed E-state index contributed by atoms with van der Waals surface area (Å²) in [6.07, 6.45) is 0.828. The molecule has 0 unspecified atom stereocenters. The zero-order chi connectivity index (χ0) is 16.4. The number of fused-ring (bicyclic) bond motifs is 1. The summed E-state index contributed by atoms with van der Waals surface area (Å²) in [6.45, 7) is 1.23. The van der Waals surface area contributed by atoms with Crippen molar-refractivity contribution in [2.24, 2.45) is 0 Å². The fraction of sp³-hybridized carbons (Fsp3) is 0.235. The highest BCUT2D eigenvalue weighted by molar-refractivity contribution is 6.42. The Bertz CT molecular complexity index is 749. The number of amides is 2. The first-order valence-corrected chi connectivity index (χ1v) is 7.99. The molecule has 23 heavy (non-hydrogen) atoms. The topological polar surface area (TPSA) is 41.6 Å². The Labute approximate surface area is 144 Å². The average Bonchev–Trinajstić information content (AvgIpc) is 2.57. The van der Waals surface area contributed by atoms with Crippen LogP contribution < -0.4 is 10.1 Å². The summed E-state index contributed by atoms with van der Waals surface area (Å²) in [5.41, 5.74) is 2.99. The predicted octanol–water partition coefficient (Wildman–Crippen LogP) is 4.59. The van der Waals surface area contributed by atoms with Crippen molar-refractivity contribution in [2.45, 2.75) is 13.0 Å².